The fourth-order valence-electron chi connectivity index (χ4n) is 1.97. The molecule has 134 valence electrons. The van der Waals surface area contributed by atoms with Crippen molar-refractivity contribution in [3.8, 4) is 5.75 Å². The van der Waals surface area contributed by atoms with E-state index in [0.29, 0.717) is 17.4 Å². The highest BCUT2D eigenvalue weighted by Crippen LogP contribution is 2.22. The molecule has 7 heteroatoms. The van der Waals surface area contributed by atoms with E-state index in [-0.39, 0.29) is 18.0 Å². The predicted molar refractivity (Wildman–Crippen MR) is 100 cm³/mol. The van der Waals surface area contributed by atoms with Crippen LogP contribution in [0, 0.1) is 0 Å². The van der Waals surface area contributed by atoms with Crippen molar-refractivity contribution >= 4 is 28.7 Å². The van der Waals surface area contributed by atoms with Crippen LogP contribution in [-0.2, 0) is 16.0 Å². The molecule has 0 amide bonds. The first-order valence-electron chi connectivity index (χ1n) is 8.04. The monoisotopic (exact) mass is 361 g/mol. The Balaban J connectivity index is 1.98. The summed E-state index contributed by atoms with van der Waals surface area (Å²) in [5, 5.41) is 6.63. The van der Waals surface area contributed by atoms with Gasteiger partial charge >= 0.3 is 5.97 Å². The molecule has 0 spiro atoms. The molecule has 2 rings (SSSR count). The van der Waals surface area contributed by atoms with Crippen LogP contribution in [0.25, 0.3) is 0 Å². The number of hydrazone groups is 1. The first kappa shape index (κ1) is 18.9. The molecule has 0 fully saturated rings. The molecule has 0 atom stereocenters. The van der Waals surface area contributed by atoms with Crippen molar-refractivity contribution in [2.24, 2.45) is 5.10 Å². The second-order valence-electron chi connectivity index (χ2n) is 6.25. The molecule has 0 saturated heterocycles. The first-order valence-corrected chi connectivity index (χ1v) is 8.92. The number of aromatic nitrogens is 1. The van der Waals surface area contributed by atoms with Crippen molar-refractivity contribution in [3.63, 3.8) is 0 Å². The van der Waals surface area contributed by atoms with Gasteiger partial charge in [-0.25, -0.2) is 4.98 Å². The Labute approximate surface area is 151 Å². The first-order chi connectivity index (χ1) is 11.9. The lowest BCUT2D eigenvalue weighted by molar-refractivity contribution is -0.142. The van der Waals surface area contributed by atoms with Gasteiger partial charge in [-0.15, -0.1) is 11.3 Å². The highest BCUT2D eigenvalue weighted by atomic mass is 32.1. The Kier molecular flexibility index (Phi) is 6.52. The molecule has 1 aromatic carbocycles. The number of carbonyl (C=O) groups is 1. The van der Waals surface area contributed by atoms with E-state index in [9.17, 15) is 4.79 Å². The number of ether oxygens (including phenoxy) is 2. The predicted octanol–water partition coefficient (Wildman–Crippen LogP) is 3.87. The Hall–Kier alpha value is -2.41. The number of nitrogens with one attached hydrogen (secondary N) is 1. The molecule has 1 heterocycles. The number of benzene rings is 1. The van der Waals surface area contributed by atoms with E-state index >= 15 is 0 Å². The van der Waals surface area contributed by atoms with Gasteiger partial charge in [-0.1, -0.05) is 12.1 Å². The molecule has 0 aliphatic rings. The Morgan fingerprint density at radius 1 is 1.36 bits per heavy atom. The van der Waals surface area contributed by atoms with Crippen LogP contribution >= 0.6 is 11.3 Å². The molecule has 0 saturated carbocycles. The molecule has 0 aliphatic carbocycles. The smallest absolute Gasteiger partial charge is 0.311 e. The molecule has 1 N–H and O–H groups in total. The number of nitrogens with zero attached hydrogens (tertiary/aromatic N) is 2. The highest BCUT2D eigenvalue weighted by Gasteiger charge is 2.13. The van der Waals surface area contributed by atoms with E-state index in [2.05, 4.69) is 15.5 Å². The van der Waals surface area contributed by atoms with Crippen LogP contribution in [-0.4, -0.2) is 29.4 Å². The van der Waals surface area contributed by atoms with Crippen molar-refractivity contribution in [2.45, 2.75) is 39.7 Å². The van der Waals surface area contributed by atoms with Gasteiger partial charge in [0.2, 0.25) is 5.13 Å². The summed E-state index contributed by atoms with van der Waals surface area (Å²) in [5.41, 5.74) is 4.13. The minimum Gasteiger partial charge on any atom is -0.487 e. The van der Waals surface area contributed by atoms with Crippen LogP contribution < -0.4 is 10.2 Å². The molecule has 0 unspecified atom stereocenters. The number of hydrogen-bond acceptors (Lipinski definition) is 7. The second-order valence-corrected chi connectivity index (χ2v) is 7.11. The fourth-order valence-corrected chi connectivity index (χ4v) is 2.63. The third-order valence-electron chi connectivity index (χ3n) is 2.88. The van der Waals surface area contributed by atoms with Crippen LogP contribution in [0.5, 0.6) is 5.75 Å². The number of hydrogen-bond donors (Lipinski definition) is 1. The average Bonchev–Trinajstić information content (AvgIpc) is 2.95. The highest BCUT2D eigenvalue weighted by molar-refractivity contribution is 7.13. The Morgan fingerprint density at radius 2 is 2.12 bits per heavy atom. The maximum absolute atomic E-state index is 11.5. The summed E-state index contributed by atoms with van der Waals surface area (Å²) in [6, 6.07) is 7.69. The minimum atomic E-state index is -0.283. The second kappa shape index (κ2) is 8.62. The third kappa shape index (κ3) is 6.54. The number of para-hydroxylation sites is 1. The van der Waals surface area contributed by atoms with Gasteiger partial charge in [-0.05, 0) is 39.8 Å². The van der Waals surface area contributed by atoms with Crippen molar-refractivity contribution in [3.05, 3.63) is 40.9 Å². The Bertz CT molecular complexity index is 735. The normalized spacial score (nSPS) is 11.5. The van der Waals surface area contributed by atoms with Crippen molar-refractivity contribution in [1.82, 2.24) is 4.98 Å². The summed E-state index contributed by atoms with van der Waals surface area (Å²) >= 11 is 1.38. The summed E-state index contributed by atoms with van der Waals surface area (Å²) in [6.07, 6.45) is 1.85. The summed E-state index contributed by atoms with van der Waals surface area (Å²) in [6.45, 7) is 8.15. The maximum Gasteiger partial charge on any atom is 0.311 e. The van der Waals surface area contributed by atoms with Crippen molar-refractivity contribution in [1.29, 1.82) is 0 Å². The standard InChI is InChI=1S/C18H23N3O3S/c1-5-23-16(22)10-14-12-25-17(20-14)21-19-11-13-8-6-7-9-15(13)24-18(2,3)4/h6-9,11-12H,5,10H2,1-4H3,(H,20,21). The zero-order valence-electron chi connectivity index (χ0n) is 14.9. The van der Waals surface area contributed by atoms with Crippen LogP contribution in [0.15, 0.2) is 34.7 Å². The van der Waals surface area contributed by atoms with E-state index in [4.69, 9.17) is 9.47 Å². The number of thiazole rings is 1. The summed E-state index contributed by atoms with van der Waals surface area (Å²) in [5.74, 6) is 0.485. The van der Waals surface area contributed by atoms with Gasteiger partial charge in [0.05, 0.1) is 24.9 Å². The van der Waals surface area contributed by atoms with E-state index in [0.717, 1.165) is 11.3 Å². The quantitative estimate of drug-likeness (QED) is 0.460. The van der Waals surface area contributed by atoms with Crippen LogP contribution in [0.2, 0.25) is 0 Å². The van der Waals surface area contributed by atoms with Gasteiger partial charge in [0.25, 0.3) is 0 Å². The van der Waals surface area contributed by atoms with Crippen LogP contribution in [0.3, 0.4) is 0 Å². The molecule has 2 aromatic rings. The fraction of sp³-hybridized carbons (Fsp3) is 0.389. The van der Waals surface area contributed by atoms with Gasteiger partial charge in [0.15, 0.2) is 0 Å². The summed E-state index contributed by atoms with van der Waals surface area (Å²) < 4.78 is 10.8. The topological polar surface area (TPSA) is 72.8 Å². The zero-order chi connectivity index (χ0) is 18.3. The lowest BCUT2D eigenvalue weighted by Gasteiger charge is -2.22. The molecule has 0 bridgehead atoms. The molecular formula is C18H23N3O3S. The molecular weight excluding hydrogens is 338 g/mol. The van der Waals surface area contributed by atoms with E-state index < -0.39 is 0 Å². The molecule has 0 aliphatic heterocycles. The molecule has 0 radical (unpaired) electrons. The molecule has 6 nitrogen and oxygen atoms in total. The largest absolute Gasteiger partial charge is 0.487 e. The summed E-state index contributed by atoms with van der Waals surface area (Å²) in [4.78, 5) is 15.8. The van der Waals surface area contributed by atoms with Crippen molar-refractivity contribution in [2.75, 3.05) is 12.0 Å². The van der Waals surface area contributed by atoms with Gasteiger partial charge in [0.1, 0.15) is 11.4 Å². The third-order valence-corrected chi connectivity index (χ3v) is 3.68. The van der Waals surface area contributed by atoms with Gasteiger partial charge in [-0.2, -0.15) is 5.10 Å². The number of esters is 1. The number of carbonyl (C=O) groups excluding carboxylic acids is 1. The minimum absolute atomic E-state index is 0.165. The van der Waals surface area contributed by atoms with Gasteiger partial charge in [0, 0.05) is 10.9 Å². The van der Waals surface area contributed by atoms with E-state index in [1.165, 1.54) is 11.3 Å². The number of anilines is 1. The maximum atomic E-state index is 11.5. The average molecular weight is 361 g/mol. The van der Waals surface area contributed by atoms with Gasteiger partial charge < -0.3 is 9.47 Å². The van der Waals surface area contributed by atoms with E-state index in [1.807, 2.05) is 50.4 Å². The molecule has 1 aromatic heterocycles. The number of rotatable bonds is 7. The Morgan fingerprint density at radius 3 is 2.84 bits per heavy atom. The zero-order valence-corrected chi connectivity index (χ0v) is 15.7. The SMILES string of the molecule is CCOC(=O)Cc1csc(NN=Cc2ccccc2OC(C)(C)C)n1. The summed E-state index contributed by atoms with van der Waals surface area (Å²) in [7, 11) is 0. The van der Waals surface area contributed by atoms with Crippen LogP contribution in [0.4, 0.5) is 5.13 Å². The molecule has 25 heavy (non-hydrogen) atoms. The van der Waals surface area contributed by atoms with Crippen molar-refractivity contribution < 1.29 is 14.3 Å². The van der Waals surface area contributed by atoms with Crippen LogP contribution in [0.1, 0.15) is 39.0 Å². The lowest BCUT2D eigenvalue weighted by Crippen LogP contribution is -2.23. The van der Waals surface area contributed by atoms with E-state index in [1.54, 1.807) is 13.1 Å². The lowest BCUT2D eigenvalue weighted by atomic mass is 10.1. The van der Waals surface area contributed by atoms with Gasteiger partial charge in [-0.3, -0.25) is 10.2 Å².